The Labute approximate surface area is 117 Å². The number of unbranched alkanes of at least 4 members (excludes halogenated alkanes) is 1. The third kappa shape index (κ3) is 5.32. The summed E-state index contributed by atoms with van der Waals surface area (Å²) in [6.45, 7) is 5.72. The van der Waals surface area contributed by atoms with Crippen LogP contribution in [0.4, 0.5) is 0 Å². The Morgan fingerprint density at radius 3 is 2.41 bits per heavy atom. The number of ether oxygens (including phenoxy) is 1. The smallest absolute Gasteiger partial charge is 0.516 e. The Morgan fingerprint density at radius 2 is 1.82 bits per heavy atom. The molecule has 0 aromatic heterocycles. The molecule has 0 heterocycles. The minimum absolute atomic E-state index is 0. The zero-order chi connectivity index (χ0) is 11.8. The van der Waals surface area contributed by atoms with Crippen LogP contribution in [0.25, 0.3) is 10.8 Å². The summed E-state index contributed by atoms with van der Waals surface area (Å²) in [5.74, 6) is 0.786. The van der Waals surface area contributed by atoms with Gasteiger partial charge >= 0.3 is 19.5 Å². The predicted molar refractivity (Wildman–Crippen MR) is 69.6 cm³/mol. The molecule has 0 bridgehead atoms. The average Bonchev–Trinajstić information content (AvgIpc) is 2.38. The Kier molecular flexibility index (Phi) is 8.71. The van der Waals surface area contributed by atoms with Gasteiger partial charge in [-0.3, -0.25) is 0 Å². The molecule has 2 aromatic rings. The Balaban J connectivity index is 0.000000453. The van der Waals surface area contributed by atoms with E-state index in [9.17, 15) is 0 Å². The first-order valence-electron chi connectivity index (χ1n) is 5.56. The zero-order valence-electron chi connectivity index (χ0n) is 10.7. The number of benzene rings is 2. The van der Waals surface area contributed by atoms with Crippen molar-refractivity contribution >= 4 is 10.8 Å². The molecule has 17 heavy (non-hydrogen) atoms. The topological polar surface area (TPSA) is 9.23 Å². The van der Waals surface area contributed by atoms with Crippen LogP contribution in [0.3, 0.4) is 0 Å². The van der Waals surface area contributed by atoms with Crippen molar-refractivity contribution in [2.45, 2.75) is 19.8 Å². The van der Waals surface area contributed by atoms with Gasteiger partial charge < -0.3 is 11.7 Å². The average molecular weight is 280 g/mol. The van der Waals surface area contributed by atoms with Crippen molar-refractivity contribution in [1.82, 2.24) is 0 Å². The zero-order valence-corrected chi connectivity index (χ0v) is 13.7. The van der Waals surface area contributed by atoms with Crippen LogP contribution < -0.4 is 4.74 Å². The molecule has 2 rings (SSSR count). The Bertz CT molecular complexity index is 424. The summed E-state index contributed by atoms with van der Waals surface area (Å²) in [5, 5.41) is 2.29. The monoisotopic (exact) mass is 278 g/mol. The molecule has 0 aliphatic carbocycles. The van der Waals surface area contributed by atoms with Crippen molar-refractivity contribution in [3.8, 4) is 5.75 Å². The van der Waals surface area contributed by atoms with Gasteiger partial charge in [0.2, 0.25) is 0 Å². The molecule has 0 unspecified atom stereocenters. The molecule has 0 saturated carbocycles. The molecule has 0 radical (unpaired) electrons. The maximum absolute atomic E-state index is 5.07. The summed E-state index contributed by atoms with van der Waals surface area (Å²) in [6.07, 6.45) is 2.28. The SMILES string of the molecule is COc1[c-]c2ccccc2cc1.[CH2-]CCC.[Zn+2]. The van der Waals surface area contributed by atoms with Crippen LogP contribution in [0.5, 0.6) is 5.75 Å². The molecule has 0 fully saturated rings. The summed E-state index contributed by atoms with van der Waals surface area (Å²) >= 11 is 0. The maximum Gasteiger partial charge on any atom is 2.00 e. The van der Waals surface area contributed by atoms with Crippen LogP contribution in [-0.4, -0.2) is 7.11 Å². The van der Waals surface area contributed by atoms with E-state index in [1.165, 1.54) is 11.8 Å². The molecule has 0 amide bonds. The van der Waals surface area contributed by atoms with E-state index in [0.29, 0.717) is 0 Å². The first-order valence-corrected chi connectivity index (χ1v) is 5.56. The molecule has 0 saturated heterocycles. The van der Waals surface area contributed by atoms with Crippen molar-refractivity contribution in [2.75, 3.05) is 7.11 Å². The largest absolute Gasteiger partial charge is 2.00 e. The third-order valence-electron chi connectivity index (χ3n) is 2.21. The van der Waals surface area contributed by atoms with Gasteiger partial charge in [0, 0.05) is 5.75 Å². The van der Waals surface area contributed by atoms with Crippen molar-refractivity contribution in [3.63, 3.8) is 0 Å². The van der Waals surface area contributed by atoms with Gasteiger partial charge in [0.15, 0.2) is 0 Å². The van der Waals surface area contributed by atoms with Gasteiger partial charge in [-0.25, -0.2) is 0 Å². The summed E-state index contributed by atoms with van der Waals surface area (Å²) in [7, 11) is 1.65. The summed E-state index contributed by atoms with van der Waals surface area (Å²) < 4.78 is 5.07. The van der Waals surface area contributed by atoms with E-state index in [1.54, 1.807) is 7.11 Å². The number of hydrogen-bond acceptors (Lipinski definition) is 1. The van der Waals surface area contributed by atoms with Crippen LogP contribution in [0.2, 0.25) is 0 Å². The molecule has 2 aromatic carbocycles. The second-order valence-electron chi connectivity index (χ2n) is 3.47. The molecular formula is C15H18OZn. The number of fused-ring (bicyclic) bond motifs is 1. The summed E-state index contributed by atoms with van der Waals surface area (Å²) in [4.78, 5) is 0. The molecule has 0 spiro atoms. The van der Waals surface area contributed by atoms with Gasteiger partial charge in [-0.05, 0) is 0 Å². The van der Waals surface area contributed by atoms with E-state index in [0.717, 1.165) is 17.6 Å². The quantitative estimate of drug-likeness (QED) is 0.589. The van der Waals surface area contributed by atoms with E-state index < -0.39 is 0 Å². The van der Waals surface area contributed by atoms with Crippen LogP contribution in [0.15, 0.2) is 36.4 Å². The van der Waals surface area contributed by atoms with Gasteiger partial charge in [-0.2, -0.15) is 6.42 Å². The standard InChI is InChI=1S/C11H9O.C4H9.Zn/c1-12-11-7-6-9-4-2-3-5-10(9)8-11;1-3-4-2;/h2-7H,1H3;1,3-4H2,2H3;/q2*-1;+2. The maximum atomic E-state index is 5.07. The first-order chi connectivity index (χ1) is 7.81. The molecule has 0 N–H and O–H groups in total. The molecule has 0 aliphatic heterocycles. The predicted octanol–water partition coefficient (Wildman–Crippen LogP) is 4.27. The molecule has 86 valence electrons. The Morgan fingerprint density at radius 1 is 1.18 bits per heavy atom. The molecule has 0 aliphatic rings. The third-order valence-corrected chi connectivity index (χ3v) is 2.21. The second kappa shape index (κ2) is 9.18. The van der Waals surface area contributed by atoms with E-state index in [4.69, 9.17) is 4.74 Å². The van der Waals surface area contributed by atoms with Crippen molar-refractivity contribution < 1.29 is 24.2 Å². The van der Waals surface area contributed by atoms with Crippen LogP contribution in [0.1, 0.15) is 19.8 Å². The molecule has 2 heteroatoms. The Hall–Kier alpha value is -0.877. The van der Waals surface area contributed by atoms with Gasteiger partial charge in [-0.1, -0.05) is 31.5 Å². The second-order valence-corrected chi connectivity index (χ2v) is 3.47. The van der Waals surface area contributed by atoms with Crippen LogP contribution in [0, 0.1) is 13.0 Å². The molecule has 1 nitrogen and oxygen atoms in total. The fourth-order valence-electron chi connectivity index (χ4n) is 1.22. The fraction of sp³-hybridized carbons (Fsp3) is 0.267. The summed E-state index contributed by atoms with van der Waals surface area (Å²) in [5.41, 5.74) is 0. The van der Waals surface area contributed by atoms with Gasteiger partial charge in [-0.15, -0.1) is 35.0 Å². The van der Waals surface area contributed by atoms with Crippen molar-refractivity contribution in [2.24, 2.45) is 0 Å². The number of hydrogen-bond donors (Lipinski definition) is 0. The van der Waals surface area contributed by atoms with E-state index in [2.05, 4.69) is 26.0 Å². The van der Waals surface area contributed by atoms with Gasteiger partial charge in [0.05, 0.1) is 7.11 Å². The van der Waals surface area contributed by atoms with Crippen LogP contribution in [-0.2, 0) is 19.5 Å². The number of rotatable bonds is 2. The van der Waals surface area contributed by atoms with Crippen molar-refractivity contribution in [1.29, 1.82) is 0 Å². The summed E-state index contributed by atoms with van der Waals surface area (Å²) in [6, 6.07) is 15.2. The minimum Gasteiger partial charge on any atom is -0.516 e. The first kappa shape index (κ1) is 16.1. The number of methoxy groups -OCH3 is 1. The van der Waals surface area contributed by atoms with Crippen LogP contribution >= 0.6 is 0 Å². The van der Waals surface area contributed by atoms with Gasteiger partial charge in [0.25, 0.3) is 0 Å². The van der Waals surface area contributed by atoms with E-state index in [-0.39, 0.29) is 19.5 Å². The fourth-order valence-corrected chi connectivity index (χ4v) is 1.22. The van der Waals surface area contributed by atoms with E-state index >= 15 is 0 Å². The normalized spacial score (nSPS) is 8.88. The molecular weight excluding hydrogens is 262 g/mol. The minimum atomic E-state index is 0. The van der Waals surface area contributed by atoms with Gasteiger partial charge in [0.1, 0.15) is 0 Å². The molecule has 0 atom stereocenters. The van der Waals surface area contributed by atoms with E-state index in [1.807, 2.05) is 30.3 Å². The van der Waals surface area contributed by atoms with Crippen molar-refractivity contribution in [3.05, 3.63) is 49.4 Å².